The molecule has 0 saturated heterocycles. The molecule has 1 fully saturated rings. The normalized spacial score (nSPS) is 16.5. The number of hydrogen-bond donors (Lipinski definition) is 2. The first-order chi connectivity index (χ1) is 9.08. The van der Waals surface area contributed by atoms with Crippen LogP contribution in [0.2, 0.25) is 0 Å². The van der Waals surface area contributed by atoms with E-state index < -0.39 is 5.97 Å². The zero-order chi connectivity index (χ0) is 13.8. The van der Waals surface area contributed by atoms with Crippen molar-refractivity contribution < 1.29 is 14.7 Å². The number of rotatable bonds is 5. The summed E-state index contributed by atoms with van der Waals surface area (Å²) in [4.78, 5) is 23.0. The molecular formula is C15H19NO3. The average Bonchev–Trinajstić information content (AvgIpc) is 2.26. The lowest BCUT2D eigenvalue weighted by Gasteiger charge is -2.32. The number of carbonyl (C=O) groups excluding carboxylic acids is 1. The van der Waals surface area contributed by atoms with Gasteiger partial charge in [-0.25, -0.2) is 0 Å². The van der Waals surface area contributed by atoms with Crippen molar-refractivity contribution in [2.24, 2.45) is 5.92 Å². The summed E-state index contributed by atoms with van der Waals surface area (Å²) in [6.07, 6.45) is 3.44. The predicted octanol–water partition coefficient (Wildman–Crippen LogP) is 2.23. The second-order valence-electron chi connectivity index (χ2n) is 5.18. The Morgan fingerprint density at radius 2 is 2.05 bits per heavy atom. The van der Waals surface area contributed by atoms with Crippen LogP contribution in [-0.4, -0.2) is 23.0 Å². The van der Waals surface area contributed by atoms with Crippen LogP contribution in [0.15, 0.2) is 24.3 Å². The number of carboxylic acid groups (broad SMARTS) is 1. The second kappa shape index (κ2) is 5.87. The lowest BCUT2D eigenvalue weighted by molar-refractivity contribution is -0.136. The number of aliphatic carboxylic acids is 1. The van der Waals surface area contributed by atoms with Gasteiger partial charge in [0.05, 0.1) is 6.42 Å². The number of benzene rings is 1. The standard InChI is InChI=1S/C15H19NO3/c1-10(11-6-4-7-11)16-15(19)13-8-3-2-5-12(13)9-14(17)18/h2-3,5,8,10-11H,4,6-7,9H2,1H3,(H,16,19)(H,17,18). The molecule has 102 valence electrons. The van der Waals surface area contributed by atoms with E-state index in [0.29, 0.717) is 17.0 Å². The highest BCUT2D eigenvalue weighted by atomic mass is 16.4. The van der Waals surface area contributed by atoms with Crippen LogP contribution in [0.3, 0.4) is 0 Å². The largest absolute Gasteiger partial charge is 0.481 e. The number of amides is 1. The first-order valence-corrected chi connectivity index (χ1v) is 6.68. The molecule has 0 spiro atoms. The Balaban J connectivity index is 2.07. The highest BCUT2D eigenvalue weighted by molar-refractivity contribution is 5.96. The summed E-state index contributed by atoms with van der Waals surface area (Å²) in [7, 11) is 0. The Morgan fingerprint density at radius 3 is 2.63 bits per heavy atom. The van der Waals surface area contributed by atoms with Crippen molar-refractivity contribution in [2.75, 3.05) is 0 Å². The Labute approximate surface area is 112 Å². The average molecular weight is 261 g/mol. The van der Waals surface area contributed by atoms with Gasteiger partial charge in [-0.1, -0.05) is 24.6 Å². The number of nitrogens with one attached hydrogen (secondary N) is 1. The molecular weight excluding hydrogens is 242 g/mol. The smallest absolute Gasteiger partial charge is 0.307 e. The van der Waals surface area contributed by atoms with Crippen molar-refractivity contribution in [1.82, 2.24) is 5.32 Å². The van der Waals surface area contributed by atoms with E-state index in [1.165, 1.54) is 6.42 Å². The summed E-state index contributed by atoms with van der Waals surface area (Å²) >= 11 is 0. The summed E-state index contributed by atoms with van der Waals surface area (Å²) < 4.78 is 0. The van der Waals surface area contributed by atoms with Gasteiger partial charge in [-0.3, -0.25) is 9.59 Å². The molecule has 1 aliphatic carbocycles. The van der Waals surface area contributed by atoms with Crippen LogP contribution in [-0.2, 0) is 11.2 Å². The van der Waals surface area contributed by atoms with E-state index in [0.717, 1.165) is 12.8 Å². The van der Waals surface area contributed by atoms with Crippen LogP contribution in [0.25, 0.3) is 0 Å². The van der Waals surface area contributed by atoms with Crippen LogP contribution in [0, 0.1) is 5.92 Å². The Bertz CT molecular complexity index is 480. The summed E-state index contributed by atoms with van der Waals surface area (Å²) in [5.41, 5.74) is 1.03. The molecule has 0 radical (unpaired) electrons. The van der Waals surface area contributed by atoms with Gasteiger partial charge in [-0.2, -0.15) is 0 Å². The maximum absolute atomic E-state index is 12.2. The molecule has 2 N–H and O–H groups in total. The summed E-state index contributed by atoms with van der Waals surface area (Å²) in [6.45, 7) is 2.02. The lowest BCUT2D eigenvalue weighted by atomic mass is 9.80. The van der Waals surface area contributed by atoms with Crippen molar-refractivity contribution in [2.45, 2.75) is 38.6 Å². The SMILES string of the molecule is CC(NC(=O)c1ccccc1CC(=O)O)C1CCC1. The maximum Gasteiger partial charge on any atom is 0.307 e. The lowest BCUT2D eigenvalue weighted by Crippen LogP contribution is -2.41. The highest BCUT2D eigenvalue weighted by Gasteiger charge is 2.25. The minimum Gasteiger partial charge on any atom is -0.481 e. The van der Waals surface area contributed by atoms with Gasteiger partial charge in [0.2, 0.25) is 0 Å². The third-order valence-corrected chi connectivity index (χ3v) is 3.82. The summed E-state index contributed by atoms with van der Waals surface area (Å²) in [5.74, 6) is -0.529. The van der Waals surface area contributed by atoms with Crippen molar-refractivity contribution in [1.29, 1.82) is 0 Å². The molecule has 0 heterocycles. The summed E-state index contributed by atoms with van der Waals surface area (Å²) in [6, 6.07) is 7.04. The van der Waals surface area contributed by atoms with Gasteiger partial charge in [-0.05, 0) is 37.3 Å². The van der Waals surface area contributed by atoms with E-state index >= 15 is 0 Å². The molecule has 1 aromatic rings. The van der Waals surface area contributed by atoms with Crippen LogP contribution < -0.4 is 5.32 Å². The van der Waals surface area contributed by atoms with E-state index in [1.807, 2.05) is 6.92 Å². The van der Waals surface area contributed by atoms with Gasteiger partial charge in [-0.15, -0.1) is 0 Å². The van der Waals surface area contributed by atoms with E-state index in [9.17, 15) is 9.59 Å². The minimum atomic E-state index is -0.924. The van der Waals surface area contributed by atoms with E-state index in [2.05, 4.69) is 5.32 Å². The number of hydrogen-bond acceptors (Lipinski definition) is 2. The molecule has 1 aromatic carbocycles. The van der Waals surface area contributed by atoms with Crippen molar-refractivity contribution in [3.63, 3.8) is 0 Å². The third kappa shape index (κ3) is 3.34. The highest BCUT2D eigenvalue weighted by Crippen LogP contribution is 2.29. The quantitative estimate of drug-likeness (QED) is 0.854. The molecule has 1 aliphatic rings. The van der Waals surface area contributed by atoms with Gasteiger partial charge in [0, 0.05) is 11.6 Å². The monoisotopic (exact) mass is 261 g/mol. The molecule has 1 saturated carbocycles. The van der Waals surface area contributed by atoms with Crippen molar-refractivity contribution >= 4 is 11.9 Å². The molecule has 0 bridgehead atoms. The van der Waals surface area contributed by atoms with Crippen LogP contribution in [0.4, 0.5) is 0 Å². The maximum atomic E-state index is 12.2. The molecule has 2 rings (SSSR count). The molecule has 4 heteroatoms. The molecule has 0 aliphatic heterocycles. The van der Waals surface area contributed by atoms with Crippen molar-refractivity contribution in [3.8, 4) is 0 Å². The van der Waals surface area contributed by atoms with Gasteiger partial charge < -0.3 is 10.4 Å². The molecule has 0 aromatic heterocycles. The molecule has 1 amide bonds. The number of carbonyl (C=O) groups is 2. The predicted molar refractivity (Wildman–Crippen MR) is 72.1 cm³/mol. The second-order valence-corrected chi connectivity index (χ2v) is 5.18. The van der Waals surface area contributed by atoms with Gasteiger partial charge in [0.1, 0.15) is 0 Å². The number of carboxylic acids is 1. The van der Waals surface area contributed by atoms with Gasteiger partial charge in [0.25, 0.3) is 5.91 Å². The minimum absolute atomic E-state index is 0.124. The van der Waals surface area contributed by atoms with Gasteiger partial charge in [0.15, 0.2) is 0 Å². The first-order valence-electron chi connectivity index (χ1n) is 6.68. The zero-order valence-electron chi connectivity index (χ0n) is 11.1. The Kier molecular flexibility index (Phi) is 4.20. The fraction of sp³-hybridized carbons (Fsp3) is 0.467. The van der Waals surface area contributed by atoms with Crippen LogP contribution >= 0.6 is 0 Å². The van der Waals surface area contributed by atoms with Crippen molar-refractivity contribution in [3.05, 3.63) is 35.4 Å². The fourth-order valence-electron chi connectivity index (χ4n) is 2.40. The summed E-state index contributed by atoms with van der Waals surface area (Å²) in [5, 5.41) is 11.8. The van der Waals surface area contributed by atoms with E-state index in [1.54, 1.807) is 24.3 Å². The van der Waals surface area contributed by atoms with E-state index in [-0.39, 0.29) is 18.4 Å². The molecule has 4 nitrogen and oxygen atoms in total. The third-order valence-electron chi connectivity index (χ3n) is 3.82. The molecule has 1 atom stereocenters. The van der Waals surface area contributed by atoms with Gasteiger partial charge >= 0.3 is 5.97 Å². The van der Waals surface area contributed by atoms with Crippen LogP contribution in [0.5, 0.6) is 0 Å². The molecule has 1 unspecified atom stereocenters. The first kappa shape index (κ1) is 13.6. The Hall–Kier alpha value is -1.84. The van der Waals surface area contributed by atoms with E-state index in [4.69, 9.17) is 5.11 Å². The Morgan fingerprint density at radius 1 is 1.37 bits per heavy atom. The molecule has 19 heavy (non-hydrogen) atoms. The van der Waals surface area contributed by atoms with Crippen LogP contribution in [0.1, 0.15) is 42.1 Å². The topological polar surface area (TPSA) is 66.4 Å². The fourth-order valence-corrected chi connectivity index (χ4v) is 2.40. The zero-order valence-corrected chi connectivity index (χ0v) is 11.1.